The van der Waals surface area contributed by atoms with Crippen LogP contribution in [0.2, 0.25) is 0 Å². The fourth-order valence-electron chi connectivity index (χ4n) is 5.14. The highest BCUT2D eigenvalue weighted by atomic mass is 32.2. The fourth-order valence-corrected chi connectivity index (χ4v) is 6.95. The number of amides is 1. The predicted octanol–water partition coefficient (Wildman–Crippen LogP) is 2.82. The number of likely N-dealkylation sites (tertiary alicyclic amines) is 1. The molecule has 4 rings (SSSR count). The van der Waals surface area contributed by atoms with Gasteiger partial charge in [0.25, 0.3) is 0 Å². The molecular formula is C28H37N3O6S. The highest BCUT2D eigenvalue weighted by molar-refractivity contribution is 7.89. The lowest BCUT2D eigenvalue weighted by Crippen LogP contribution is -2.58. The van der Waals surface area contributed by atoms with Crippen LogP contribution in [0.5, 0.6) is 5.75 Å². The molecule has 2 aromatic rings. The minimum atomic E-state index is -3.93. The molecule has 206 valence electrons. The minimum absolute atomic E-state index is 0.0658. The summed E-state index contributed by atoms with van der Waals surface area (Å²) in [4.78, 5) is 27.9. The van der Waals surface area contributed by atoms with Crippen molar-refractivity contribution in [3.63, 3.8) is 0 Å². The van der Waals surface area contributed by atoms with E-state index in [4.69, 9.17) is 4.74 Å². The van der Waals surface area contributed by atoms with Gasteiger partial charge in [-0.15, -0.1) is 0 Å². The van der Waals surface area contributed by atoms with Gasteiger partial charge in [-0.25, -0.2) is 13.2 Å². The van der Waals surface area contributed by atoms with Crippen molar-refractivity contribution >= 4 is 21.9 Å². The van der Waals surface area contributed by atoms with E-state index >= 15 is 0 Å². The number of carbonyl (C=O) groups is 2. The van der Waals surface area contributed by atoms with E-state index in [9.17, 15) is 23.1 Å². The van der Waals surface area contributed by atoms with E-state index in [-0.39, 0.29) is 24.0 Å². The third-order valence-corrected chi connectivity index (χ3v) is 9.64. The van der Waals surface area contributed by atoms with Crippen LogP contribution in [0.15, 0.2) is 53.4 Å². The van der Waals surface area contributed by atoms with Gasteiger partial charge < -0.3 is 20.1 Å². The number of hydrogen-bond donors (Lipinski definition) is 2. The van der Waals surface area contributed by atoms with Crippen molar-refractivity contribution in [2.24, 2.45) is 0 Å². The van der Waals surface area contributed by atoms with E-state index in [2.05, 4.69) is 17.3 Å². The molecular weight excluding hydrogens is 506 g/mol. The summed E-state index contributed by atoms with van der Waals surface area (Å²) in [6.45, 7) is 5.61. The Labute approximate surface area is 224 Å². The molecule has 0 aliphatic carbocycles. The summed E-state index contributed by atoms with van der Waals surface area (Å²) < 4.78 is 34.0. The maximum absolute atomic E-state index is 13.4. The number of aliphatic carboxylic acids is 1. The van der Waals surface area contributed by atoms with Gasteiger partial charge in [-0.05, 0) is 76.4 Å². The lowest BCUT2D eigenvalue weighted by atomic mass is 9.97. The second kappa shape index (κ2) is 11.4. The van der Waals surface area contributed by atoms with Crippen molar-refractivity contribution in [1.82, 2.24) is 14.5 Å². The summed E-state index contributed by atoms with van der Waals surface area (Å²) in [5.41, 5.74) is 0.272. The van der Waals surface area contributed by atoms with Crippen molar-refractivity contribution in [1.29, 1.82) is 0 Å². The van der Waals surface area contributed by atoms with Gasteiger partial charge in [0.15, 0.2) is 0 Å². The van der Waals surface area contributed by atoms with Gasteiger partial charge in [-0.2, -0.15) is 4.31 Å². The number of rotatable bonds is 9. The SMILES string of the molecule is Cc1ccc(S(=O)(=O)N2CCC[C@@]2(C)C(=O)N[C@@H](Cc2ccc(OC3CCN(C)CC3)cc2)C(=O)O)cc1. The zero-order chi connectivity index (χ0) is 27.5. The Bertz CT molecular complexity index is 1240. The Morgan fingerprint density at radius 2 is 1.71 bits per heavy atom. The van der Waals surface area contributed by atoms with Crippen molar-refractivity contribution in [2.45, 2.75) is 68.5 Å². The Morgan fingerprint density at radius 3 is 2.32 bits per heavy atom. The lowest BCUT2D eigenvalue weighted by molar-refractivity contribution is -0.143. The first kappa shape index (κ1) is 28.1. The molecule has 10 heteroatoms. The number of hydrogen-bond acceptors (Lipinski definition) is 6. The summed E-state index contributed by atoms with van der Waals surface area (Å²) in [6, 6.07) is 12.5. The Kier molecular flexibility index (Phi) is 8.44. The lowest BCUT2D eigenvalue weighted by Gasteiger charge is -2.34. The van der Waals surface area contributed by atoms with E-state index < -0.39 is 33.5 Å². The molecule has 0 aromatic heterocycles. The van der Waals surface area contributed by atoms with Crippen molar-refractivity contribution in [3.05, 3.63) is 59.7 Å². The topological polar surface area (TPSA) is 116 Å². The van der Waals surface area contributed by atoms with E-state index in [0.717, 1.165) is 42.8 Å². The average Bonchev–Trinajstić information content (AvgIpc) is 3.30. The molecule has 2 N–H and O–H groups in total. The summed E-state index contributed by atoms with van der Waals surface area (Å²) >= 11 is 0. The van der Waals surface area contributed by atoms with Crippen LogP contribution in [0.4, 0.5) is 0 Å². The van der Waals surface area contributed by atoms with Crippen LogP contribution in [0.25, 0.3) is 0 Å². The highest BCUT2D eigenvalue weighted by Gasteiger charge is 2.50. The number of aryl methyl sites for hydroxylation is 1. The minimum Gasteiger partial charge on any atom is -0.490 e. The molecule has 1 amide bonds. The summed E-state index contributed by atoms with van der Waals surface area (Å²) in [5, 5.41) is 12.5. The molecule has 2 aromatic carbocycles. The Morgan fingerprint density at radius 1 is 1.08 bits per heavy atom. The third kappa shape index (κ3) is 6.19. The van der Waals surface area contributed by atoms with E-state index in [1.165, 1.54) is 16.4 Å². The van der Waals surface area contributed by atoms with Gasteiger partial charge in [-0.1, -0.05) is 29.8 Å². The second-order valence-corrected chi connectivity index (χ2v) is 12.5. The van der Waals surface area contributed by atoms with Gasteiger partial charge in [0.2, 0.25) is 15.9 Å². The largest absolute Gasteiger partial charge is 0.490 e. The predicted molar refractivity (Wildman–Crippen MR) is 144 cm³/mol. The maximum Gasteiger partial charge on any atom is 0.326 e. The first-order valence-corrected chi connectivity index (χ1v) is 14.5. The van der Waals surface area contributed by atoms with Gasteiger partial charge >= 0.3 is 5.97 Å². The molecule has 2 saturated heterocycles. The number of piperidine rings is 1. The van der Waals surface area contributed by atoms with Crippen LogP contribution in [0.3, 0.4) is 0 Å². The summed E-state index contributed by atoms with van der Waals surface area (Å²) in [6.07, 6.45) is 2.96. The molecule has 0 saturated carbocycles. The quantitative estimate of drug-likeness (QED) is 0.500. The Balaban J connectivity index is 1.43. The molecule has 0 spiro atoms. The maximum atomic E-state index is 13.4. The van der Waals surface area contributed by atoms with Crippen molar-refractivity contribution < 1.29 is 27.9 Å². The number of ether oxygens (including phenoxy) is 1. The molecule has 2 aliphatic rings. The average molecular weight is 544 g/mol. The third-order valence-electron chi connectivity index (χ3n) is 7.61. The van der Waals surface area contributed by atoms with E-state index in [0.29, 0.717) is 12.8 Å². The molecule has 2 heterocycles. The molecule has 0 bridgehead atoms. The van der Waals surface area contributed by atoms with Gasteiger partial charge in [0.1, 0.15) is 23.4 Å². The van der Waals surface area contributed by atoms with Crippen LogP contribution in [-0.2, 0) is 26.0 Å². The van der Waals surface area contributed by atoms with Crippen molar-refractivity contribution in [3.8, 4) is 5.75 Å². The zero-order valence-electron chi connectivity index (χ0n) is 22.2. The van der Waals surface area contributed by atoms with Crippen LogP contribution >= 0.6 is 0 Å². The molecule has 2 aliphatic heterocycles. The van der Waals surface area contributed by atoms with Gasteiger partial charge in [-0.3, -0.25) is 4.79 Å². The number of nitrogens with one attached hydrogen (secondary N) is 1. The number of nitrogens with zero attached hydrogens (tertiary/aromatic N) is 2. The molecule has 0 radical (unpaired) electrons. The first-order valence-electron chi connectivity index (χ1n) is 13.1. The number of carboxylic acid groups (broad SMARTS) is 1. The van der Waals surface area contributed by atoms with E-state index in [1.54, 1.807) is 31.2 Å². The van der Waals surface area contributed by atoms with Crippen LogP contribution in [-0.4, -0.2) is 79.0 Å². The molecule has 2 fully saturated rings. The van der Waals surface area contributed by atoms with E-state index in [1.807, 2.05) is 19.1 Å². The standard InChI is InChI=1S/C28H37N3O6S/c1-20-5-11-24(12-6-20)38(35,36)31-16-4-15-28(31,2)27(34)29-25(26(32)33)19-21-7-9-22(10-8-21)37-23-13-17-30(3)18-14-23/h5-12,23,25H,4,13-19H2,1-3H3,(H,29,34)(H,32,33)/t25-,28-/m0/s1. The molecule has 9 nitrogen and oxygen atoms in total. The Hall–Kier alpha value is -2.95. The monoisotopic (exact) mass is 543 g/mol. The zero-order valence-corrected chi connectivity index (χ0v) is 23.0. The highest BCUT2D eigenvalue weighted by Crippen LogP contribution is 2.35. The normalized spacial score (nSPS) is 22.2. The fraction of sp³-hybridized carbons (Fsp3) is 0.500. The smallest absolute Gasteiger partial charge is 0.326 e. The molecule has 38 heavy (non-hydrogen) atoms. The number of carbonyl (C=O) groups excluding carboxylic acids is 1. The van der Waals surface area contributed by atoms with Crippen LogP contribution in [0.1, 0.15) is 43.7 Å². The second-order valence-electron chi connectivity index (χ2n) is 10.6. The van der Waals surface area contributed by atoms with Crippen LogP contribution in [0, 0.1) is 6.92 Å². The molecule has 2 atom stereocenters. The summed E-state index contributed by atoms with van der Waals surface area (Å²) in [5.74, 6) is -1.06. The van der Waals surface area contributed by atoms with Gasteiger partial charge in [0.05, 0.1) is 4.90 Å². The molecule has 0 unspecified atom stereocenters. The van der Waals surface area contributed by atoms with Gasteiger partial charge in [0, 0.05) is 26.1 Å². The first-order chi connectivity index (χ1) is 18.0. The van der Waals surface area contributed by atoms with Crippen molar-refractivity contribution in [2.75, 3.05) is 26.7 Å². The number of benzene rings is 2. The summed E-state index contributed by atoms with van der Waals surface area (Å²) in [7, 11) is -1.84. The number of sulfonamides is 1. The van der Waals surface area contributed by atoms with Crippen LogP contribution < -0.4 is 10.1 Å². The number of carboxylic acids is 1.